The van der Waals surface area contributed by atoms with Crippen LogP contribution in [0.25, 0.3) is 10.9 Å². The van der Waals surface area contributed by atoms with Gasteiger partial charge in [-0.15, -0.1) is 0 Å². The first-order valence-corrected chi connectivity index (χ1v) is 16.0. The molecule has 3 heterocycles. The number of amides is 5. The van der Waals surface area contributed by atoms with E-state index in [-0.39, 0.29) is 57.2 Å². The molecule has 2 saturated heterocycles. The molecule has 2 unspecified atom stereocenters. The molecule has 1 aromatic heterocycles. The summed E-state index contributed by atoms with van der Waals surface area (Å²) in [4.78, 5) is 84.7. The van der Waals surface area contributed by atoms with Crippen LogP contribution in [0.5, 0.6) is 5.75 Å². The zero-order valence-electron chi connectivity index (χ0n) is 27.3. The van der Waals surface area contributed by atoms with Crippen LogP contribution < -0.4 is 15.4 Å². The number of carbonyl (C=O) groups excluding carboxylic acids is 5. The Bertz CT molecular complexity index is 1570. The number of nitrogens with zero attached hydrogens (tertiary/aromatic N) is 4. The van der Waals surface area contributed by atoms with Gasteiger partial charge in [0.25, 0.3) is 18.2 Å². The molecule has 2 aliphatic rings. The molecule has 266 valence electrons. The van der Waals surface area contributed by atoms with Crippen molar-refractivity contribution in [2.24, 2.45) is 0 Å². The van der Waals surface area contributed by atoms with Gasteiger partial charge in [0.15, 0.2) is 6.61 Å². The standard InChI is InChI=1S/C32H40F2N6O9/c1-3-48-32(47)39-13-11-38(12-14-39)31(46)21(8-9-28(42)43)37-29(44)23-16-25(20-7-6-19(2)15-22(20)36-23)49-18-27(41)40-10-4-5-24(40)30(45)35-17-26(33)34/h6-7,15-16,21,24,26H,3-5,8-14,17-18H2,1-2H3,(H,35,45)(H,37,44)(H,42,43). The number of carboxylic acids is 1. The fourth-order valence-electron chi connectivity index (χ4n) is 5.70. The summed E-state index contributed by atoms with van der Waals surface area (Å²) in [6.07, 6.45) is -3.03. The smallest absolute Gasteiger partial charge is 0.409 e. The van der Waals surface area contributed by atoms with Gasteiger partial charge in [0, 0.05) is 50.6 Å². The average molecular weight is 691 g/mol. The van der Waals surface area contributed by atoms with Crippen molar-refractivity contribution in [2.45, 2.75) is 58.0 Å². The second-order valence-electron chi connectivity index (χ2n) is 11.7. The first-order valence-electron chi connectivity index (χ1n) is 16.0. The number of piperazine rings is 1. The van der Waals surface area contributed by atoms with Gasteiger partial charge in [-0.2, -0.15) is 0 Å². The highest BCUT2D eigenvalue weighted by atomic mass is 19.3. The van der Waals surface area contributed by atoms with Crippen LogP contribution in [0.1, 0.15) is 48.7 Å². The number of nitrogens with one attached hydrogen (secondary N) is 2. The second-order valence-corrected chi connectivity index (χ2v) is 11.7. The molecule has 15 nitrogen and oxygen atoms in total. The predicted molar refractivity (Wildman–Crippen MR) is 169 cm³/mol. The van der Waals surface area contributed by atoms with E-state index in [1.807, 2.05) is 6.92 Å². The van der Waals surface area contributed by atoms with Crippen molar-refractivity contribution >= 4 is 46.6 Å². The Morgan fingerprint density at radius 2 is 1.76 bits per heavy atom. The highest BCUT2D eigenvalue weighted by Crippen LogP contribution is 2.27. The fourth-order valence-corrected chi connectivity index (χ4v) is 5.70. The number of likely N-dealkylation sites (tertiary alicyclic amines) is 1. The topological polar surface area (TPSA) is 188 Å². The number of benzene rings is 1. The minimum absolute atomic E-state index is 0.116. The Kier molecular flexibility index (Phi) is 12.6. The predicted octanol–water partition coefficient (Wildman–Crippen LogP) is 1.56. The van der Waals surface area contributed by atoms with Crippen molar-refractivity contribution in [2.75, 3.05) is 52.5 Å². The third kappa shape index (κ3) is 9.73. The molecule has 5 amide bonds. The summed E-state index contributed by atoms with van der Waals surface area (Å²) >= 11 is 0. The van der Waals surface area contributed by atoms with Gasteiger partial charge in [-0.3, -0.25) is 24.0 Å². The Hall–Kier alpha value is -5.09. The number of alkyl halides is 2. The van der Waals surface area contributed by atoms with Crippen molar-refractivity contribution in [3.63, 3.8) is 0 Å². The maximum atomic E-state index is 13.6. The molecule has 0 bridgehead atoms. The number of carbonyl (C=O) groups is 6. The van der Waals surface area contributed by atoms with Crippen molar-refractivity contribution in [3.8, 4) is 5.75 Å². The molecular weight excluding hydrogens is 650 g/mol. The molecule has 2 aromatic rings. The van der Waals surface area contributed by atoms with Gasteiger partial charge in [-0.05, 0) is 50.8 Å². The molecule has 3 N–H and O–H groups in total. The van der Waals surface area contributed by atoms with Crippen molar-refractivity contribution in [1.29, 1.82) is 0 Å². The Labute approximate surface area is 280 Å². The Balaban J connectivity index is 1.50. The molecule has 0 radical (unpaired) electrons. The van der Waals surface area contributed by atoms with E-state index in [1.54, 1.807) is 25.1 Å². The summed E-state index contributed by atoms with van der Waals surface area (Å²) in [7, 11) is 0. The van der Waals surface area contributed by atoms with Gasteiger partial charge < -0.3 is 39.9 Å². The van der Waals surface area contributed by atoms with E-state index in [2.05, 4.69) is 15.6 Å². The van der Waals surface area contributed by atoms with E-state index < -0.39 is 73.8 Å². The summed E-state index contributed by atoms with van der Waals surface area (Å²) < 4.78 is 36.1. The van der Waals surface area contributed by atoms with Crippen molar-refractivity contribution in [3.05, 3.63) is 35.5 Å². The third-order valence-electron chi connectivity index (χ3n) is 8.19. The molecule has 2 atom stereocenters. The number of halogens is 2. The lowest BCUT2D eigenvalue weighted by atomic mass is 10.1. The molecule has 2 aliphatic heterocycles. The van der Waals surface area contributed by atoms with Gasteiger partial charge in [-0.1, -0.05) is 6.07 Å². The van der Waals surface area contributed by atoms with Crippen LogP contribution in [-0.4, -0.2) is 131 Å². The van der Waals surface area contributed by atoms with E-state index in [0.717, 1.165) is 5.56 Å². The third-order valence-corrected chi connectivity index (χ3v) is 8.19. The van der Waals surface area contributed by atoms with E-state index >= 15 is 0 Å². The number of fused-ring (bicyclic) bond motifs is 1. The Morgan fingerprint density at radius 3 is 2.43 bits per heavy atom. The summed E-state index contributed by atoms with van der Waals surface area (Å²) in [6.45, 7) is 3.31. The zero-order chi connectivity index (χ0) is 35.7. The molecule has 1 aromatic carbocycles. The van der Waals surface area contributed by atoms with Crippen LogP contribution >= 0.6 is 0 Å². The van der Waals surface area contributed by atoms with E-state index in [9.17, 15) is 42.7 Å². The van der Waals surface area contributed by atoms with Crippen LogP contribution in [0.2, 0.25) is 0 Å². The van der Waals surface area contributed by atoms with Gasteiger partial charge in [0.05, 0.1) is 18.7 Å². The number of pyridine rings is 1. The number of rotatable bonds is 13. The number of hydrogen-bond acceptors (Lipinski definition) is 9. The lowest BCUT2D eigenvalue weighted by Crippen LogP contribution is -2.56. The summed E-state index contributed by atoms with van der Waals surface area (Å²) in [5, 5.41) is 14.5. The summed E-state index contributed by atoms with van der Waals surface area (Å²) in [6, 6.07) is 4.34. The van der Waals surface area contributed by atoms with Crippen LogP contribution in [0, 0.1) is 6.92 Å². The first-order chi connectivity index (χ1) is 23.4. The van der Waals surface area contributed by atoms with Crippen LogP contribution in [0.15, 0.2) is 24.3 Å². The SMILES string of the molecule is CCOC(=O)N1CCN(C(=O)C(CCC(=O)O)NC(=O)c2cc(OCC(=O)N3CCCC3C(=O)NCC(F)F)c3ccc(C)cc3n2)CC1. The molecule has 49 heavy (non-hydrogen) atoms. The lowest BCUT2D eigenvalue weighted by molar-refractivity contribution is -0.140. The molecule has 0 saturated carbocycles. The molecule has 4 rings (SSSR count). The summed E-state index contributed by atoms with van der Waals surface area (Å²) in [5.41, 5.74) is 1.00. The monoisotopic (exact) mass is 690 g/mol. The second kappa shape index (κ2) is 16.8. The quantitative estimate of drug-likeness (QED) is 0.278. The van der Waals surface area contributed by atoms with Crippen LogP contribution in [-0.2, 0) is 23.9 Å². The maximum absolute atomic E-state index is 13.6. The number of ether oxygens (including phenoxy) is 2. The summed E-state index contributed by atoms with van der Waals surface area (Å²) in [5.74, 6) is -3.59. The number of aromatic nitrogens is 1. The van der Waals surface area contributed by atoms with E-state index in [1.165, 1.54) is 20.8 Å². The minimum Gasteiger partial charge on any atom is -0.483 e. The Morgan fingerprint density at radius 1 is 1.04 bits per heavy atom. The average Bonchev–Trinajstić information content (AvgIpc) is 3.57. The van der Waals surface area contributed by atoms with E-state index in [0.29, 0.717) is 23.7 Å². The normalized spacial score (nSPS) is 16.8. The van der Waals surface area contributed by atoms with Gasteiger partial charge >= 0.3 is 12.1 Å². The van der Waals surface area contributed by atoms with Crippen LogP contribution in [0.3, 0.4) is 0 Å². The van der Waals surface area contributed by atoms with Crippen molar-refractivity contribution < 1.29 is 52.1 Å². The van der Waals surface area contributed by atoms with Gasteiger partial charge in [0.1, 0.15) is 23.5 Å². The van der Waals surface area contributed by atoms with E-state index in [4.69, 9.17) is 9.47 Å². The first kappa shape index (κ1) is 36.7. The highest BCUT2D eigenvalue weighted by molar-refractivity contribution is 5.99. The number of hydrogen-bond donors (Lipinski definition) is 3. The molecule has 17 heteroatoms. The molecule has 2 fully saturated rings. The molecular formula is C32H40F2N6O9. The molecule has 0 aliphatic carbocycles. The van der Waals surface area contributed by atoms with Crippen molar-refractivity contribution in [1.82, 2.24) is 30.3 Å². The fraction of sp³-hybridized carbons (Fsp3) is 0.531. The zero-order valence-corrected chi connectivity index (χ0v) is 27.3. The van der Waals surface area contributed by atoms with Gasteiger partial charge in [0.2, 0.25) is 11.8 Å². The maximum Gasteiger partial charge on any atom is 0.409 e. The lowest BCUT2D eigenvalue weighted by Gasteiger charge is -2.35. The number of aryl methyl sites for hydroxylation is 1. The van der Waals surface area contributed by atoms with Crippen LogP contribution in [0.4, 0.5) is 13.6 Å². The highest BCUT2D eigenvalue weighted by Gasteiger charge is 2.35. The number of aliphatic carboxylic acids is 1. The molecule has 0 spiro atoms. The minimum atomic E-state index is -2.73. The van der Waals surface area contributed by atoms with Gasteiger partial charge in [-0.25, -0.2) is 18.6 Å². The largest absolute Gasteiger partial charge is 0.483 e. The number of carboxylic acid groups (broad SMARTS) is 1.